The molecule has 1 amide bonds. The molecule has 1 aromatic heterocycles. The summed E-state index contributed by atoms with van der Waals surface area (Å²) in [5.74, 6) is 1.19. The molecule has 2 N–H and O–H groups in total. The molecule has 118 valence electrons. The van der Waals surface area contributed by atoms with Gasteiger partial charge in [-0.1, -0.05) is 31.9 Å². The van der Waals surface area contributed by atoms with Gasteiger partial charge < -0.3 is 10.4 Å². The molecule has 6 nitrogen and oxygen atoms in total. The third kappa shape index (κ3) is 4.52. The second kappa shape index (κ2) is 7.54. The molecule has 1 aromatic rings. The highest BCUT2D eigenvalue weighted by Gasteiger charge is 2.28. The molecule has 1 saturated carbocycles. The van der Waals surface area contributed by atoms with Crippen molar-refractivity contribution in [1.82, 2.24) is 20.3 Å². The van der Waals surface area contributed by atoms with Gasteiger partial charge in [-0.3, -0.25) is 4.79 Å². The van der Waals surface area contributed by atoms with Crippen molar-refractivity contribution in [2.24, 2.45) is 11.8 Å². The molecular weight excluding hydrogens is 268 g/mol. The highest BCUT2D eigenvalue weighted by atomic mass is 16.2. The smallest absolute Gasteiger partial charge is 0.242 e. The largest absolute Gasteiger partial charge is 0.396 e. The molecule has 3 unspecified atom stereocenters. The average Bonchev–Trinajstić information content (AvgIpc) is 2.89. The molecule has 3 atom stereocenters. The fraction of sp³-hybridized carbons (Fsp3) is 0.800. The Morgan fingerprint density at radius 2 is 2.29 bits per heavy atom. The van der Waals surface area contributed by atoms with E-state index >= 15 is 0 Å². The van der Waals surface area contributed by atoms with Crippen molar-refractivity contribution in [3.8, 4) is 0 Å². The number of nitrogens with one attached hydrogen (secondary N) is 1. The Hall–Kier alpha value is -1.43. The SMILES string of the molecule is CC1CCCC(NC(=O)Cn2cc(CCCO)nn2)C1C. The zero-order valence-corrected chi connectivity index (χ0v) is 13.0. The van der Waals surface area contributed by atoms with E-state index in [9.17, 15) is 4.79 Å². The molecule has 0 aromatic carbocycles. The van der Waals surface area contributed by atoms with Gasteiger partial charge in [0.05, 0.1) is 5.69 Å². The van der Waals surface area contributed by atoms with Crippen LogP contribution in [0.1, 0.15) is 45.2 Å². The van der Waals surface area contributed by atoms with Gasteiger partial charge in [0.25, 0.3) is 0 Å². The highest BCUT2D eigenvalue weighted by Crippen LogP contribution is 2.29. The lowest BCUT2D eigenvalue weighted by Gasteiger charge is -2.34. The minimum Gasteiger partial charge on any atom is -0.396 e. The summed E-state index contributed by atoms with van der Waals surface area (Å²) in [5.41, 5.74) is 0.816. The Labute approximate surface area is 125 Å². The standard InChI is InChI=1S/C15H26N4O2/c1-11-5-3-7-14(12(11)2)16-15(21)10-19-9-13(17-18-19)6-4-8-20/h9,11-12,14,20H,3-8,10H2,1-2H3,(H,16,21). The number of carbonyl (C=O) groups is 1. The van der Waals surface area contributed by atoms with E-state index in [2.05, 4.69) is 29.5 Å². The molecule has 0 aliphatic heterocycles. The van der Waals surface area contributed by atoms with Gasteiger partial charge in [0, 0.05) is 18.8 Å². The number of aryl methyl sites for hydroxylation is 1. The fourth-order valence-corrected chi connectivity index (χ4v) is 2.98. The molecule has 0 saturated heterocycles. The van der Waals surface area contributed by atoms with Crippen molar-refractivity contribution < 1.29 is 9.90 Å². The molecule has 1 fully saturated rings. The number of hydrogen-bond donors (Lipinski definition) is 2. The van der Waals surface area contributed by atoms with Crippen LogP contribution in [-0.4, -0.2) is 38.7 Å². The number of rotatable bonds is 6. The van der Waals surface area contributed by atoms with Crippen molar-refractivity contribution in [3.63, 3.8) is 0 Å². The third-order valence-electron chi connectivity index (χ3n) is 4.54. The van der Waals surface area contributed by atoms with E-state index in [0.29, 0.717) is 24.7 Å². The molecule has 0 spiro atoms. The van der Waals surface area contributed by atoms with Crippen LogP contribution in [0, 0.1) is 11.8 Å². The molecule has 21 heavy (non-hydrogen) atoms. The summed E-state index contributed by atoms with van der Waals surface area (Å²) in [6, 6.07) is 0.277. The summed E-state index contributed by atoms with van der Waals surface area (Å²) in [6.45, 7) is 4.83. The molecule has 1 heterocycles. The Kier molecular flexibility index (Phi) is 5.73. The lowest BCUT2D eigenvalue weighted by atomic mass is 9.78. The maximum absolute atomic E-state index is 12.1. The number of hydrogen-bond acceptors (Lipinski definition) is 4. The van der Waals surface area contributed by atoms with E-state index in [4.69, 9.17) is 5.11 Å². The van der Waals surface area contributed by atoms with Crippen LogP contribution in [0.25, 0.3) is 0 Å². The van der Waals surface area contributed by atoms with Crippen LogP contribution in [0.2, 0.25) is 0 Å². The summed E-state index contributed by atoms with van der Waals surface area (Å²) in [6.07, 6.45) is 6.64. The quantitative estimate of drug-likeness (QED) is 0.824. The first-order chi connectivity index (χ1) is 10.1. The van der Waals surface area contributed by atoms with E-state index in [0.717, 1.165) is 12.1 Å². The summed E-state index contributed by atoms with van der Waals surface area (Å²) in [5, 5.41) is 19.9. The predicted octanol–water partition coefficient (Wildman–Crippen LogP) is 1.14. The van der Waals surface area contributed by atoms with Crippen LogP contribution in [0.15, 0.2) is 6.20 Å². The normalized spacial score (nSPS) is 25.8. The van der Waals surface area contributed by atoms with E-state index in [1.165, 1.54) is 12.8 Å². The summed E-state index contributed by atoms with van der Waals surface area (Å²) in [4.78, 5) is 12.1. The Balaban J connectivity index is 1.82. The van der Waals surface area contributed by atoms with Gasteiger partial charge in [-0.05, 0) is 31.1 Å². The van der Waals surface area contributed by atoms with Gasteiger partial charge in [-0.15, -0.1) is 5.10 Å². The van der Waals surface area contributed by atoms with Crippen molar-refractivity contribution >= 4 is 5.91 Å². The van der Waals surface area contributed by atoms with Gasteiger partial charge in [0.15, 0.2) is 0 Å². The first-order valence-electron chi connectivity index (χ1n) is 7.89. The lowest BCUT2D eigenvalue weighted by molar-refractivity contribution is -0.123. The molecule has 2 rings (SSSR count). The highest BCUT2D eigenvalue weighted by molar-refractivity contribution is 5.76. The number of aromatic nitrogens is 3. The van der Waals surface area contributed by atoms with Crippen LogP contribution in [0.3, 0.4) is 0 Å². The van der Waals surface area contributed by atoms with Gasteiger partial charge in [0.2, 0.25) is 5.91 Å². The zero-order chi connectivity index (χ0) is 15.2. The van der Waals surface area contributed by atoms with E-state index in [-0.39, 0.29) is 25.1 Å². The number of amides is 1. The predicted molar refractivity (Wildman–Crippen MR) is 79.5 cm³/mol. The van der Waals surface area contributed by atoms with Gasteiger partial charge in [-0.2, -0.15) is 0 Å². The van der Waals surface area contributed by atoms with Crippen molar-refractivity contribution in [2.75, 3.05) is 6.61 Å². The van der Waals surface area contributed by atoms with Gasteiger partial charge in [-0.25, -0.2) is 4.68 Å². The van der Waals surface area contributed by atoms with Gasteiger partial charge >= 0.3 is 0 Å². The summed E-state index contributed by atoms with van der Waals surface area (Å²) in [7, 11) is 0. The second-order valence-corrected chi connectivity index (χ2v) is 6.18. The maximum Gasteiger partial charge on any atom is 0.242 e. The minimum atomic E-state index is -0.000409. The molecule has 0 bridgehead atoms. The molecule has 6 heteroatoms. The topological polar surface area (TPSA) is 80.0 Å². The summed E-state index contributed by atoms with van der Waals surface area (Å²) >= 11 is 0. The zero-order valence-electron chi connectivity index (χ0n) is 13.0. The lowest BCUT2D eigenvalue weighted by Crippen LogP contribution is -2.44. The molecule has 1 aliphatic rings. The van der Waals surface area contributed by atoms with Crippen molar-refractivity contribution in [1.29, 1.82) is 0 Å². The Bertz CT molecular complexity index is 460. The van der Waals surface area contributed by atoms with Crippen molar-refractivity contribution in [2.45, 2.75) is 58.5 Å². The Morgan fingerprint density at radius 1 is 1.48 bits per heavy atom. The van der Waals surface area contributed by atoms with E-state index in [1.807, 2.05) is 0 Å². The molecule has 1 aliphatic carbocycles. The maximum atomic E-state index is 12.1. The van der Waals surface area contributed by atoms with Crippen LogP contribution in [-0.2, 0) is 17.8 Å². The fourth-order valence-electron chi connectivity index (χ4n) is 2.98. The van der Waals surface area contributed by atoms with Crippen LogP contribution < -0.4 is 5.32 Å². The Morgan fingerprint density at radius 3 is 3.05 bits per heavy atom. The van der Waals surface area contributed by atoms with Crippen LogP contribution in [0.4, 0.5) is 0 Å². The second-order valence-electron chi connectivity index (χ2n) is 6.18. The third-order valence-corrected chi connectivity index (χ3v) is 4.54. The first-order valence-corrected chi connectivity index (χ1v) is 7.89. The van der Waals surface area contributed by atoms with Crippen LogP contribution in [0.5, 0.6) is 0 Å². The number of aliphatic hydroxyl groups is 1. The minimum absolute atomic E-state index is 0.000409. The summed E-state index contributed by atoms with van der Waals surface area (Å²) < 4.78 is 1.57. The van der Waals surface area contributed by atoms with Crippen molar-refractivity contribution in [3.05, 3.63) is 11.9 Å². The molecule has 0 radical (unpaired) electrons. The average molecular weight is 294 g/mol. The number of carbonyl (C=O) groups excluding carboxylic acids is 1. The van der Waals surface area contributed by atoms with Gasteiger partial charge in [0.1, 0.15) is 6.54 Å². The number of nitrogens with zero attached hydrogens (tertiary/aromatic N) is 3. The molecular formula is C15H26N4O2. The van der Waals surface area contributed by atoms with E-state index in [1.54, 1.807) is 10.9 Å². The first kappa shape index (κ1) is 15.9. The number of aliphatic hydroxyl groups excluding tert-OH is 1. The van der Waals surface area contributed by atoms with Crippen LogP contribution >= 0.6 is 0 Å². The van der Waals surface area contributed by atoms with E-state index < -0.39 is 0 Å². The monoisotopic (exact) mass is 294 g/mol.